The number of fused-ring (bicyclic) bond motifs is 2. The number of nitrogen functional groups attached to an aromatic ring is 2. The summed E-state index contributed by atoms with van der Waals surface area (Å²) in [5.41, 5.74) is 30.7. The van der Waals surface area contributed by atoms with E-state index in [1.807, 2.05) is 100 Å². The van der Waals surface area contributed by atoms with Gasteiger partial charge < -0.3 is 40.3 Å². The number of ether oxygens (including phenoxy) is 5. The minimum absolute atomic E-state index is 0.00303. The number of nitrogens with two attached hydrogens (primary N) is 2. The molecule has 345 valence electrons. The Morgan fingerprint density at radius 2 is 1.30 bits per heavy atom. The molecule has 7 atom stereocenters. The molecule has 0 radical (unpaired) electrons. The van der Waals surface area contributed by atoms with Gasteiger partial charge in [-0.3, -0.25) is 0 Å². The molecule has 64 heavy (non-hydrogen) atoms. The number of halogens is 4. The SMILES string of the molecule is C1CCOC1.CC[C@H]1OC(=O)[C@H](OCc2ccccc2)[C@@H]1C.CC[C@H]1OC(O)(c2ccc3c(N)ncnn23)[C@H](OCc2ccccc2)[C@@H]1C.Nc1ncnn2c(I)ccc12.[Cl][Ce]([Cl])[Cl]. The monoisotopic (exact) mass is 1180 g/mol. The molecular weight excluding hydrogens is 1130 g/mol. The first kappa shape index (κ1) is 52.5. The van der Waals surface area contributed by atoms with Crippen molar-refractivity contribution in [2.45, 2.75) is 96.8 Å². The fourth-order valence-electron chi connectivity index (χ4n) is 7.47. The number of aliphatic hydroxyl groups is 1. The third-order valence-electron chi connectivity index (χ3n) is 10.8. The van der Waals surface area contributed by atoms with Gasteiger partial charge in [0.25, 0.3) is 0 Å². The molecule has 3 aliphatic rings. The van der Waals surface area contributed by atoms with Gasteiger partial charge in [-0.05, 0) is 83.7 Å². The average Bonchev–Trinajstić information content (AvgIpc) is 4.15. The zero-order valence-corrected chi connectivity index (χ0v) is 43.7. The van der Waals surface area contributed by atoms with Crippen LogP contribution in [0.25, 0.3) is 11.0 Å². The van der Waals surface area contributed by atoms with Crippen molar-refractivity contribution in [3.63, 3.8) is 0 Å². The first-order valence-corrected chi connectivity index (χ1v) is 33.8. The second-order valence-corrected chi connectivity index (χ2v) is 30.0. The first-order valence-electron chi connectivity index (χ1n) is 20.9. The molecule has 0 aliphatic carbocycles. The quantitative estimate of drug-likeness (QED) is 0.0919. The molecule has 20 heteroatoms. The van der Waals surface area contributed by atoms with Gasteiger partial charge in [0.15, 0.2) is 17.7 Å². The molecule has 1 unspecified atom stereocenters. The Kier molecular flexibility index (Phi) is 21.5. The number of esters is 1. The topological polar surface area (TPSA) is 196 Å². The number of benzene rings is 2. The summed E-state index contributed by atoms with van der Waals surface area (Å²) in [4.78, 5) is 19.5. The zero-order chi connectivity index (χ0) is 46.2. The van der Waals surface area contributed by atoms with Crippen molar-refractivity contribution in [2.75, 3.05) is 24.7 Å². The normalized spacial score (nSPS) is 23.4. The summed E-state index contributed by atoms with van der Waals surface area (Å²) in [6, 6.07) is 27.1. The van der Waals surface area contributed by atoms with Gasteiger partial charge in [-0.15, -0.1) is 0 Å². The molecule has 9 rings (SSSR count). The number of carbonyl (C=O) groups excluding carboxylic acids is 1. The van der Waals surface area contributed by atoms with Crippen molar-refractivity contribution in [1.82, 2.24) is 29.2 Å². The van der Waals surface area contributed by atoms with Crippen LogP contribution in [0.4, 0.5) is 11.6 Å². The molecule has 4 aromatic heterocycles. The summed E-state index contributed by atoms with van der Waals surface area (Å²) in [5, 5.41) is 19.9. The van der Waals surface area contributed by atoms with Gasteiger partial charge in [0.05, 0.1) is 19.3 Å². The molecule has 6 aromatic rings. The van der Waals surface area contributed by atoms with E-state index in [9.17, 15) is 9.90 Å². The van der Waals surface area contributed by atoms with Crippen molar-refractivity contribution in [2.24, 2.45) is 11.8 Å². The Labute approximate surface area is 408 Å². The molecule has 7 heterocycles. The van der Waals surface area contributed by atoms with Crippen molar-refractivity contribution < 1.29 is 64.3 Å². The standard InChI is InChI=1S/C20H24N4O3.C14H18O3.C6H5IN4.C4H8O.Ce.3ClH/c1-3-16-13(2)18(26-11-14-7-5-4-6-8-14)20(25,27-16)17-10-9-15-19(21)22-12-23-24(15)17;1-3-12-10(2)13(14(15)17-12)16-9-11-7-5-4-6-8-11;7-5-2-1-4-6(8)9-3-10-11(4)5;1-2-4-5-3-1;;;;/h4-10,12-13,16,18,25H,3,11H2,1-2H3,(H2,21,22,23);4-8,10,12-13H,3,9H2,1-2H3;1-3H,(H2,8,9,10);1-4H2;;3*1H/q;;;;+3;;;/p-3/t13-,16-,18-,20?;10-,12-,13-;;;;;;/m11....../s1. The summed E-state index contributed by atoms with van der Waals surface area (Å²) >= 11 is -0.0536. The number of aromatic nitrogens is 6. The average molecular weight is 1180 g/mol. The molecule has 15 nitrogen and oxygen atoms in total. The van der Waals surface area contributed by atoms with Crippen LogP contribution in [0.1, 0.15) is 70.2 Å². The molecule has 0 spiro atoms. The van der Waals surface area contributed by atoms with Crippen LogP contribution in [-0.4, -0.2) is 77.9 Å². The van der Waals surface area contributed by atoms with Gasteiger partial charge in [0.1, 0.15) is 45.3 Å². The summed E-state index contributed by atoms with van der Waals surface area (Å²) in [5.74, 6) is -0.838. The number of hydrogen-bond acceptors (Lipinski definition) is 13. The van der Waals surface area contributed by atoms with Crippen molar-refractivity contribution in [1.29, 1.82) is 0 Å². The Morgan fingerprint density at radius 1 is 0.781 bits per heavy atom. The Morgan fingerprint density at radius 3 is 1.80 bits per heavy atom. The maximum atomic E-state index is 11.6. The number of rotatable bonds is 9. The van der Waals surface area contributed by atoms with E-state index < -0.39 is 48.7 Å². The van der Waals surface area contributed by atoms with Gasteiger partial charge in [-0.25, -0.2) is 23.8 Å². The predicted octanol–water partition coefficient (Wildman–Crippen LogP) is 8.81. The molecule has 5 N–H and O–H groups in total. The fourth-order valence-corrected chi connectivity index (χ4v) is 8.03. The summed E-state index contributed by atoms with van der Waals surface area (Å²) < 4.78 is 32.5. The van der Waals surface area contributed by atoms with Crippen LogP contribution in [0.2, 0.25) is 0 Å². The summed E-state index contributed by atoms with van der Waals surface area (Å²) in [6.07, 6.45) is 5.91. The van der Waals surface area contributed by atoms with Crippen molar-refractivity contribution in [3.05, 3.63) is 118 Å². The van der Waals surface area contributed by atoms with Gasteiger partial charge in [-0.2, -0.15) is 10.2 Å². The van der Waals surface area contributed by atoms with E-state index in [1.165, 1.54) is 25.5 Å². The summed E-state index contributed by atoms with van der Waals surface area (Å²) in [7, 11) is 0. The van der Waals surface area contributed by atoms with E-state index in [4.69, 9.17) is 52.0 Å². The van der Waals surface area contributed by atoms with E-state index in [0.717, 1.165) is 46.4 Å². The van der Waals surface area contributed by atoms with E-state index in [1.54, 1.807) is 21.2 Å². The minimum atomic E-state index is -2.24. The molecular formula is C44H55CeCl3IN8O7. The molecule has 2 aromatic carbocycles. The Hall–Kier alpha value is -2.47. The number of carbonyl (C=O) groups is 1. The van der Waals surface area contributed by atoms with E-state index in [0.29, 0.717) is 36.1 Å². The molecule has 0 saturated carbocycles. The molecule has 0 amide bonds. The third kappa shape index (κ3) is 14.3. The number of hydrogen-bond donors (Lipinski definition) is 3. The zero-order valence-electron chi connectivity index (χ0n) is 36.1. The van der Waals surface area contributed by atoms with Crippen molar-refractivity contribution >= 4 is 68.1 Å². The maximum absolute atomic E-state index is 11.6. The van der Waals surface area contributed by atoms with Gasteiger partial charge in [0, 0.05) is 25.0 Å². The predicted molar refractivity (Wildman–Crippen MR) is 253 cm³/mol. The van der Waals surface area contributed by atoms with Crippen LogP contribution in [0.3, 0.4) is 0 Å². The fraction of sp³-hybridized carbons (Fsp3) is 0.432. The van der Waals surface area contributed by atoms with Crippen LogP contribution in [-0.2, 0) is 47.5 Å². The number of cyclic esters (lactones) is 1. The second-order valence-electron chi connectivity index (χ2n) is 15.1. The van der Waals surface area contributed by atoms with Crippen LogP contribution in [0.15, 0.2) is 97.6 Å². The van der Waals surface area contributed by atoms with E-state index in [-0.39, 0.29) is 30.0 Å². The number of anilines is 2. The summed E-state index contributed by atoms with van der Waals surface area (Å²) in [6.45, 7) is 11.0. The van der Waals surface area contributed by atoms with Crippen molar-refractivity contribution in [3.8, 4) is 0 Å². The first-order chi connectivity index (χ1) is 30.8. The number of nitrogens with zero attached hydrogens (tertiary/aromatic N) is 6. The molecule has 3 fully saturated rings. The van der Waals surface area contributed by atoms with Gasteiger partial charge in [0.2, 0.25) is 5.79 Å². The molecule has 3 aliphatic heterocycles. The van der Waals surface area contributed by atoms with E-state index in [2.05, 4.69) is 42.8 Å². The van der Waals surface area contributed by atoms with Gasteiger partial charge >= 0.3 is 53.5 Å². The van der Waals surface area contributed by atoms with Gasteiger partial charge in [-0.1, -0.05) is 88.4 Å². The van der Waals surface area contributed by atoms with Crippen LogP contribution in [0.5, 0.6) is 0 Å². The Balaban J connectivity index is 0.000000176. The van der Waals surface area contributed by atoms with E-state index >= 15 is 0 Å². The molecule has 0 bridgehead atoms. The Bertz CT molecular complexity index is 2320. The van der Waals surface area contributed by atoms with Crippen LogP contribution in [0, 0.1) is 46.2 Å². The van der Waals surface area contributed by atoms with Crippen LogP contribution >= 0.6 is 39.5 Å². The second kappa shape index (κ2) is 26.2. The van der Waals surface area contributed by atoms with Crippen LogP contribution < -0.4 is 11.5 Å². The third-order valence-corrected chi connectivity index (χ3v) is 11.6. The molecule has 3 saturated heterocycles.